The lowest BCUT2D eigenvalue weighted by atomic mass is 9.71. The lowest BCUT2D eigenvalue weighted by molar-refractivity contribution is -0.121. The standard InChI is InChI=1S/C29H30FNO5/c1-18-6-4-5-7-19(18)14-29(35,17-28(2,3)24-13-21(30)8-11-25(24)32)15-26(33)31-22-9-10-23-20(12-22)16-36-27(23)34/h4-13,32,35H,14-17H2,1-3H3,(H,31,33). The van der Waals surface area contributed by atoms with Crippen LogP contribution in [0.4, 0.5) is 10.1 Å². The first-order chi connectivity index (χ1) is 17.0. The normalized spacial score (nSPS) is 14.6. The third-order valence-corrected chi connectivity index (χ3v) is 6.70. The predicted octanol–water partition coefficient (Wildman–Crippen LogP) is 5.18. The Morgan fingerprint density at radius 1 is 1.11 bits per heavy atom. The largest absolute Gasteiger partial charge is 0.508 e. The van der Waals surface area contributed by atoms with Crippen molar-refractivity contribution in [2.24, 2.45) is 0 Å². The minimum Gasteiger partial charge on any atom is -0.508 e. The van der Waals surface area contributed by atoms with Crippen molar-refractivity contribution >= 4 is 17.6 Å². The van der Waals surface area contributed by atoms with Gasteiger partial charge >= 0.3 is 5.97 Å². The molecule has 0 radical (unpaired) electrons. The number of carbonyl (C=O) groups excluding carboxylic acids is 2. The predicted molar refractivity (Wildman–Crippen MR) is 134 cm³/mol. The molecular formula is C29H30FNO5. The number of ether oxygens (including phenoxy) is 1. The summed E-state index contributed by atoms with van der Waals surface area (Å²) in [6, 6.07) is 16.3. The zero-order chi connectivity index (χ0) is 26.1. The molecular weight excluding hydrogens is 461 g/mol. The van der Waals surface area contributed by atoms with Crippen LogP contribution in [0.2, 0.25) is 0 Å². The number of phenolic OH excluding ortho intramolecular Hbond substituents is 1. The highest BCUT2D eigenvalue weighted by Crippen LogP contribution is 2.40. The van der Waals surface area contributed by atoms with Gasteiger partial charge in [-0.25, -0.2) is 9.18 Å². The summed E-state index contributed by atoms with van der Waals surface area (Å²) in [5.74, 6) is -1.36. The van der Waals surface area contributed by atoms with Crippen LogP contribution < -0.4 is 5.32 Å². The van der Waals surface area contributed by atoms with Crippen LogP contribution in [0.25, 0.3) is 0 Å². The molecule has 3 N–H and O–H groups in total. The molecule has 1 aliphatic rings. The Hall–Kier alpha value is -3.71. The van der Waals surface area contributed by atoms with Crippen molar-refractivity contribution in [2.45, 2.75) is 57.7 Å². The van der Waals surface area contributed by atoms with Gasteiger partial charge in [0.1, 0.15) is 18.2 Å². The van der Waals surface area contributed by atoms with Gasteiger partial charge in [-0.15, -0.1) is 0 Å². The molecule has 188 valence electrons. The number of nitrogens with one attached hydrogen (secondary N) is 1. The van der Waals surface area contributed by atoms with Crippen molar-refractivity contribution in [3.8, 4) is 5.75 Å². The summed E-state index contributed by atoms with van der Waals surface area (Å²) >= 11 is 0. The topological polar surface area (TPSA) is 95.9 Å². The fourth-order valence-corrected chi connectivity index (χ4v) is 5.03. The second-order valence-corrected chi connectivity index (χ2v) is 10.2. The van der Waals surface area contributed by atoms with Gasteiger partial charge < -0.3 is 20.3 Å². The molecule has 0 spiro atoms. The number of benzene rings is 3. The van der Waals surface area contributed by atoms with E-state index in [2.05, 4.69) is 5.32 Å². The number of aromatic hydroxyl groups is 1. The fourth-order valence-electron chi connectivity index (χ4n) is 5.03. The number of aryl methyl sites for hydroxylation is 1. The van der Waals surface area contributed by atoms with E-state index >= 15 is 0 Å². The van der Waals surface area contributed by atoms with E-state index in [0.29, 0.717) is 22.4 Å². The van der Waals surface area contributed by atoms with Gasteiger partial charge in [0.05, 0.1) is 17.6 Å². The maximum absolute atomic E-state index is 14.0. The summed E-state index contributed by atoms with van der Waals surface area (Å²) in [7, 11) is 0. The summed E-state index contributed by atoms with van der Waals surface area (Å²) in [5, 5.41) is 25.1. The summed E-state index contributed by atoms with van der Waals surface area (Å²) in [6.45, 7) is 5.70. The molecule has 0 saturated carbocycles. The number of fused-ring (bicyclic) bond motifs is 1. The number of rotatable bonds is 8. The highest BCUT2D eigenvalue weighted by molar-refractivity contribution is 5.96. The van der Waals surface area contributed by atoms with Gasteiger partial charge in [-0.05, 0) is 66.3 Å². The highest BCUT2D eigenvalue weighted by Gasteiger charge is 2.39. The molecule has 1 atom stereocenters. The number of hydrogen-bond donors (Lipinski definition) is 3. The lowest BCUT2D eigenvalue weighted by Crippen LogP contribution is -2.42. The van der Waals surface area contributed by atoms with Crippen LogP contribution in [0, 0.1) is 12.7 Å². The second kappa shape index (κ2) is 9.74. The van der Waals surface area contributed by atoms with E-state index in [1.54, 1.807) is 32.0 Å². The molecule has 6 nitrogen and oxygen atoms in total. The van der Waals surface area contributed by atoms with Gasteiger partial charge in [-0.3, -0.25) is 4.79 Å². The van der Waals surface area contributed by atoms with Crippen LogP contribution in [0.15, 0.2) is 60.7 Å². The lowest BCUT2D eigenvalue weighted by Gasteiger charge is -2.37. The number of esters is 1. The van der Waals surface area contributed by atoms with E-state index in [4.69, 9.17) is 4.74 Å². The van der Waals surface area contributed by atoms with Crippen LogP contribution in [-0.4, -0.2) is 27.7 Å². The summed E-state index contributed by atoms with van der Waals surface area (Å²) < 4.78 is 19.0. The Kier molecular flexibility index (Phi) is 6.87. The maximum atomic E-state index is 14.0. The monoisotopic (exact) mass is 491 g/mol. The van der Waals surface area contributed by atoms with E-state index in [1.165, 1.54) is 18.2 Å². The minimum absolute atomic E-state index is 0.0704. The van der Waals surface area contributed by atoms with Gasteiger partial charge in [-0.2, -0.15) is 0 Å². The molecule has 0 fully saturated rings. The molecule has 36 heavy (non-hydrogen) atoms. The third kappa shape index (κ3) is 5.57. The first-order valence-electron chi connectivity index (χ1n) is 11.8. The molecule has 1 aliphatic heterocycles. The van der Waals surface area contributed by atoms with E-state index < -0.39 is 28.7 Å². The van der Waals surface area contributed by atoms with Crippen molar-refractivity contribution in [3.05, 3.63) is 94.3 Å². The van der Waals surface area contributed by atoms with Crippen LogP contribution in [0.1, 0.15) is 59.3 Å². The van der Waals surface area contributed by atoms with E-state index in [-0.39, 0.29) is 31.6 Å². The van der Waals surface area contributed by atoms with Crippen LogP contribution >= 0.6 is 0 Å². The van der Waals surface area contributed by atoms with Gasteiger partial charge in [0.2, 0.25) is 5.91 Å². The second-order valence-electron chi connectivity index (χ2n) is 10.2. The number of aliphatic hydroxyl groups is 1. The Balaban J connectivity index is 1.60. The van der Waals surface area contributed by atoms with Gasteiger partial charge in [0.25, 0.3) is 0 Å². The quantitative estimate of drug-likeness (QED) is 0.378. The molecule has 1 amide bonds. The first-order valence-corrected chi connectivity index (χ1v) is 11.8. The maximum Gasteiger partial charge on any atom is 0.338 e. The van der Waals surface area contributed by atoms with Crippen molar-refractivity contribution in [1.82, 2.24) is 0 Å². The smallest absolute Gasteiger partial charge is 0.338 e. The summed E-state index contributed by atoms with van der Waals surface area (Å²) in [6.07, 6.45) is 0.0534. The van der Waals surface area contributed by atoms with Crippen molar-refractivity contribution in [1.29, 1.82) is 0 Å². The van der Waals surface area contributed by atoms with Gasteiger partial charge in [0, 0.05) is 23.2 Å². The Bertz CT molecular complexity index is 1320. The summed E-state index contributed by atoms with van der Waals surface area (Å²) in [5.41, 5.74) is 1.53. The number of hydrogen-bond acceptors (Lipinski definition) is 5. The first kappa shape index (κ1) is 25.4. The Labute approximate surface area is 209 Å². The number of phenols is 1. The zero-order valence-electron chi connectivity index (χ0n) is 20.6. The third-order valence-electron chi connectivity index (χ3n) is 6.70. The SMILES string of the molecule is Cc1ccccc1CC(O)(CC(=O)Nc1ccc2c(c1)COC2=O)CC(C)(C)c1cc(F)ccc1O. The number of amides is 1. The molecule has 4 rings (SSSR count). The van der Waals surface area contributed by atoms with Crippen molar-refractivity contribution in [2.75, 3.05) is 5.32 Å². The molecule has 7 heteroatoms. The van der Waals surface area contributed by atoms with E-state index in [1.807, 2.05) is 31.2 Å². The molecule has 1 heterocycles. The van der Waals surface area contributed by atoms with Gasteiger partial charge in [0.15, 0.2) is 0 Å². The van der Waals surface area contributed by atoms with E-state index in [0.717, 1.165) is 11.1 Å². The molecule has 0 aromatic heterocycles. The zero-order valence-corrected chi connectivity index (χ0v) is 20.6. The van der Waals surface area contributed by atoms with Crippen molar-refractivity contribution in [3.63, 3.8) is 0 Å². The van der Waals surface area contributed by atoms with Crippen LogP contribution in [0.3, 0.4) is 0 Å². The average Bonchev–Trinajstić information content (AvgIpc) is 3.16. The average molecular weight is 492 g/mol. The Morgan fingerprint density at radius 3 is 2.61 bits per heavy atom. The molecule has 3 aromatic carbocycles. The number of cyclic esters (lactones) is 1. The highest BCUT2D eigenvalue weighted by atomic mass is 19.1. The molecule has 0 aliphatic carbocycles. The number of carbonyl (C=O) groups is 2. The van der Waals surface area contributed by atoms with E-state index in [9.17, 15) is 24.2 Å². The molecule has 1 unspecified atom stereocenters. The van der Waals surface area contributed by atoms with Gasteiger partial charge in [-0.1, -0.05) is 38.1 Å². The van der Waals surface area contributed by atoms with Crippen LogP contribution in [0.5, 0.6) is 5.75 Å². The molecule has 0 bridgehead atoms. The van der Waals surface area contributed by atoms with Crippen LogP contribution in [-0.2, 0) is 28.0 Å². The molecule has 0 saturated heterocycles. The number of anilines is 1. The fraction of sp³-hybridized carbons (Fsp3) is 0.310. The summed E-state index contributed by atoms with van der Waals surface area (Å²) in [4.78, 5) is 24.8. The number of halogens is 1. The van der Waals surface area contributed by atoms with Crippen molar-refractivity contribution < 1.29 is 28.9 Å². The molecule has 3 aromatic rings. The minimum atomic E-state index is -1.51. The Morgan fingerprint density at radius 2 is 1.86 bits per heavy atom.